The number of fused-ring (bicyclic) bond motifs is 1. The molecule has 2 heterocycles. The highest BCUT2D eigenvalue weighted by Gasteiger charge is 2.62. The van der Waals surface area contributed by atoms with E-state index in [1.165, 1.54) is 43.5 Å². The molecule has 4 N–H and O–H groups in total. The molecule has 0 bridgehead atoms. The van der Waals surface area contributed by atoms with Crippen molar-refractivity contribution < 1.29 is 40.7 Å². The number of ether oxygens (including phenoxy) is 2. The van der Waals surface area contributed by atoms with Crippen molar-refractivity contribution in [3.8, 4) is 11.6 Å². The third kappa shape index (κ3) is 8.25. The molecule has 0 spiro atoms. The molecule has 1 aliphatic heterocycles. The first kappa shape index (κ1) is 40.2. The van der Waals surface area contributed by atoms with Gasteiger partial charge in [0.2, 0.25) is 37.7 Å². The van der Waals surface area contributed by atoms with Gasteiger partial charge in [0.25, 0.3) is 5.91 Å². The van der Waals surface area contributed by atoms with Gasteiger partial charge in [0.05, 0.1) is 30.0 Å². The van der Waals surface area contributed by atoms with Gasteiger partial charge in [-0.2, -0.15) is 0 Å². The fourth-order valence-corrected chi connectivity index (χ4v) is 9.14. The second-order valence-electron chi connectivity index (χ2n) is 15.2. The number of methoxy groups -OCH3 is 1. The number of rotatable bonds is 14. The molecule has 3 amide bonds. The number of carbonyl (C=O) groups is 3. The van der Waals surface area contributed by atoms with Gasteiger partial charge in [0.1, 0.15) is 29.5 Å². The van der Waals surface area contributed by atoms with Gasteiger partial charge < -0.3 is 25.0 Å². The molecule has 1 saturated heterocycles. The van der Waals surface area contributed by atoms with E-state index in [1.54, 1.807) is 30.3 Å². The topological polar surface area (TPSA) is 202 Å². The number of sulfonamides is 2. The Morgan fingerprint density at radius 1 is 1.09 bits per heavy atom. The van der Waals surface area contributed by atoms with Gasteiger partial charge in [-0.25, -0.2) is 26.5 Å². The van der Waals surface area contributed by atoms with E-state index >= 15 is 0 Å². The molecule has 0 radical (unpaired) electrons. The van der Waals surface area contributed by atoms with Crippen LogP contribution in [-0.2, 0) is 34.4 Å². The number of amides is 3. The SMILES string of the molecule is C=C[C@@H]1C[C@]1(NC(=O)[C@@H]1C[C@@H](Oc2ncc(OC)c3ccc(Cl)cc23)CN1C(=O)[C@@H](Nc1cccc(S(=O)(=O)NC)c1)C(C)(C)C)C(=O)NS(=O)(=O)C1CC1. The minimum Gasteiger partial charge on any atom is -0.494 e. The fraction of sp³-hybridized carbons (Fsp3) is 0.459. The van der Waals surface area contributed by atoms with E-state index in [0.717, 1.165) is 0 Å². The number of anilines is 1. The maximum atomic E-state index is 14.8. The van der Waals surface area contributed by atoms with Crippen LogP contribution in [0.5, 0.6) is 11.6 Å². The van der Waals surface area contributed by atoms with Crippen LogP contribution in [0.15, 0.2) is 66.2 Å². The van der Waals surface area contributed by atoms with Crippen LogP contribution < -0.4 is 29.6 Å². The van der Waals surface area contributed by atoms with Crippen LogP contribution >= 0.6 is 11.6 Å². The maximum absolute atomic E-state index is 14.8. The van der Waals surface area contributed by atoms with Crippen molar-refractivity contribution in [2.75, 3.05) is 26.0 Å². The molecule has 0 unspecified atom stereocenters. The minimum absolute atomic E-state index is 0.0141. The average molecular weight is 817 g/mol. The Morgan fingerprint density at radius 2 is 1.82 bits per heavy atom. The number of hydrogen-bond acceptors (Lipinski definition) is 11. The second-order valence-corrected chi connectivity index (χ2v) is 19.4. The van der Waals surface area contributed by atoms with Crippen LogP contribution in [0.3, 0.4) is 0 Å². The number of nitrogens with one attached hydrogen (secondary N) is 4. The Labute approximate surface area is 325 Å². The highest BCUT2D eigenvalue weighted by molar-refractivity contribution is 7.91. The lowest BCUT2D eigenvalue weighted by Gasteiger charge is -2.36. The number of pyridine rings is 1. The summed E-state index contributed by atoms with van der Waals surface area (Å²) in [6.45, 7) is 9.17. The van der Waals surface area contributed by atoms with Crippen LogP contribution in [0.1, 0.15) is 46.5 Å². The standard InChI is InChI=1S/C37H45ClN6O9S2/c1-7-21-18-37(21,35(47)43-55(50,51)25-12-13-25)42-32(45)29-17-24(53-33-28-15-22(38)11-14-27(28)30(52-6)19-40-33)20-44(29)34(46)31(36(2,3)4)41-23-9-8-10-26(16-23)54(48,49)39-5/h7-11,14-16,19,21,24-25,29,31,39,41H,1,12-13,17-18,20H2,2-6H3,(H,42,45)(H,43,47)/t21-,24-,29+,31-,37-/m1/s1. The first-order valence-corrected chi connectivity index (χ1v) is 21.1. The Balaban J connectivity index is 1.33. The predicted molar refractivity (Wildman–Crippen MR) is 207 cm³/mol. The summed E-state index contributed by atoms with van der Waals surface area (Å²) in [6.07, 6.45) is 3.19. The molecule has 2 saturated carbocycles. The Hall–Kier alpha value is -4.45. The molecule has 55 heavy (non-hydrogen) atoms. The summed E-state index contributed by atoms with van der Waals surface area (Å²) in [5.41, 5.74) is -2.01. The van der Waals surface area contributed by atoms with Gasteiger partial charge in [-0.1, -0.05) is 44.5 Å². The smallest absolute Gasteiger partial charge is 0.259 e. The van der Waals surface area contributed by atoms with Gasteiger partial charge in [-0.05, 0) is 68.1 Å². The molecule has 1 aromatic heterocycles. The van der Waals surface area contributed by atoms with Gasteiger partial charge in [-0.3, -0.25) is 19.1 Å². The van der Waals surface area contributed by atoms with E-state index < -0.39 is 78.1 Å². The van der Waals surface area contributed by atoms with Gasteiger partial charge in [-0.15, -0.1) is 6.58 Å². The molecule has 296 valence electrons. The summed E-state index contributed by atoms with van der Waals surface area (Å²) in [7, 11) is -4.92. The van der Waals surface area contributed by atoms with Crippen molar-refractivity contribution in [3.63, 3.8) is 0 Å². The molecule has 2 aromatic carbocycles. The molecular formula is C37H45ClN6O9S2. The maximum Gasteiger partial charge on any atom is 0.259 e. The highest BCUT2D eigenvalue weighted by Crippen LogP contribution is 2.46. The van der Waals surface area contributed by atoms with Crippen molar-refractivity contribution in [2.24, 2.45) is 11.3 Å². The number of likely N-dealkylation sites (tertiary alicyclic amines) is 1. The van der Waals surface area contributed by atoms with Crippen LogP contribution in [0.4, 0.5) is 5.69 Å². The molecule has 5 atom stereocenters. The number of carbonyl (C=O) groups excluding carboxylic acids is 3. The van der Waals surface area contributed by atoms with Crippen molar-refractivity contribution >= 4 is 65.8 Å². The number of aromatic nitrogens is 1. The lowest BCUT2D eigenvalue weighted by Crippen LogP contribution is -2.58. The van der Waals surface area contributed by atoms with Gasteiger partial charge >= 0.3 is 0 Å². The average Bonchev–Trinajstić information content (AvgIpc) is 4.07. The number of halogens is 1. The largest absolute Gasteiger partial charge is 0.494 e. The quantitative estimate of drug-likeness (QED) is 0.174. The van der Waals surface area contributed by atoms with Crippen molar-refractivity contribution in [3.05, 3.63) is 66.3 Å². The molecule has 18 heteroatoms. The molecule has 15 nitrogen and oxygen atoms in total. The van der Waals surface area contributed by atoms with Gasteiger partial charge in [0, 0.05) is 33.8 Å². The van der Waals surface area contributed by atoms with Crippen molar-refractivity contribution in [1.29, 1.82) is 0 Å². The molecular weight excluding hydrogens is 772 g/mol. The van der Waals surface area contributed by atoms with Crippen LogP contribution in [0.25, 0.3) is 10.8 Å². The van der Waals surface area contributed by atoms with Crippen molar-refractivity contribution in [2.45, 2.75) is 80.3 Å². The predicted octanol–water partition coefficient (Wildman–Crippen LogP) is 3.35. The summed E-state index contributed by atoms with van der Waals surface area (Å²) >= 11 is 6.35. The van der Waals surface area contributed by atoms with E-state index in [4.69, 9.17) is 21.1 Å². The Kier molecular flexibility index (Phi) is 10.9. The van der Waals surface area contributed by atoms with Crippen molar-refractivity contribution in [1.82, 2.24) is 24.6 Å². The zero-order valence-corrected chi connectivity index (χ0v) is 33.5. The zero-order valence-electron chi connectivity index (χ0n) is 31.1. The number of benzene rings is 2. The molecule has 2 aliphatic carbocycles. The highest BCUT2D eigenvalue weighted by atomic mass is 35.5. The summed E-state index contributed by atoms with van der Waals surface area (Å²) in [5, 5.41) is 6.97. The molecule has 3 aliphatic rings. The van der Waals surface area contributed by atoms with Crippen LogP contribution in [0, 0.1) is 11.3 Å². The normalized spacial score (nSPS) is 23.1. The zero-order chi connectivity index (χ0) is 40.1. The lowest BCUT2D eigenvalue weighted by atomic mass is 9.85. The third-order valence-electron chi connectivity index (χ3n) is 10.2. The van der Waals surface area contributed by atoms with Gasteiger partial charge in [0.15, 0.2) is 0 Å². The summed E-state index contributed by atoms with van der Waals surface area (Å²) in [6, 6.07) is 8.98. The lowest BCUT2D eigenvalue weighted by molar-refractivity contribution is -0.141. The number of nitrogens with zero attached hydrogens (tertiary/aromatic N) is 2. The minimum atomic E-state index is -3.93. The second kappa shape index (κ2) is 14.9. The van der Waals surface area contributed by atoms with E-state index in [2.05, 4.69) is 31.6 Å². The Bertz CT molecular complexity index is 2260. The summed E-state index contributed by atoms with van der Waals surface area (Å²) in [4.78, 5) is 48.5. The molecule has 3 fully saturated rings. The third-order valence-corrected chi connectivity index (χ3v) is 13.7. The van der Waals surface area contributed by atoms with E-state index in [9.17, 15) is 31.2 Å². The number of hydrogen-bond donors (Lipinski definition) is 4. The van der Waals surface area contributed by atoms with E-state index in [1.807, 2.05) is 20.8 Å². The van der Waals surface area contributed by atoms with Crippen LogP contribution in [-0.4, -0.2) is 94.1 Å². The first-order valence-electron chi connectivity index (χ1n) is 17.7. The van der Waals surface area contributed by atoms with Crippen LogP contribution in [0.2, 0.25) is 5.02 Å². The van der Waals surface area contributed by atoms with E-state index in [-0.39, 0.29) is 30.2 Å². The molecule has 3 aromatic rings. The summed E-state index contributed by atoms with van der Waals surface area (Å²) in [5.74, 6) is -1.92. The Morgan fingerprint density at radius 3 is 2.44 bits per heavy atom. The summed E-state index contributed by atoms with van der Waals surface area (Å²) < 4.78 is 67.0. The monoisotopic (exact) mass is 816 g/mol. The fourth-order valence-electron chi connectivity index (χ4n) is 6.83. The van der Waals surface area contributed by atoms with E-state index in [0.29, 0.717) is 40.1 Å². The first-order chi connectivity index (χ1) is 25.8. The molecule has 6 rings (SSSR count).